The first-order valence-corrected chi connectivity index (χ1v) is 8.71. The van der Waals surface area contributed by atoms with Crippen molar-refractivity contribution in [3.05, 3.63) is 48.3 Å². The van der Waals surface area contributed by atoms with Crippen molar-refractivity contribution in [1.82, 2.24) is 25.1 Å². The van der Waals surface area contributed by atoms with Crippen LogP contribution in [0.2, 0.25) is 0 Å². The van der Waals surface area contributed by atoms with Gasteiger partial charge in [0.25, 0.3) is 0 Å². The first-order chi connectivity index (χ1) is 12.6. The van der Waals surface area contributed by atoms with Crippen LogP contribution >= 0.6 is 0 Å². The summed E-state index contributed by atoms with van der Waals surface area (Å²) in [6, 6.07) is 14.3. The van der Waals surface area contributed by atoms with Crippen LogP contribution in [0.25, 0.3) is 16.5 Å². The fourth-order valence-electron chi connectivity index (χ4n) is 3.69. The maximum absolute atomic E-state index is 12.4. The van der Waals surface area contributed by atoms with E-state index in [1.807, 2.05) is 30.0 Å². The third kappa shape index (κ3) is 2.64. The SMILES string of the molecule is COCCN1C(=O)CCC1(C)c1nnnn1-c1ccc2ccccc2c1. The lowest BCUT2D eigenvalue weighted by Crippen LogP contribution is -2.44. The Kier molecular flexibility index (Phi) is 4.16. The van der Waals surface area contributed by atoms with Gasteiger partial charge in [-0.25, -0.2) is 0 Å². The van der Waals surface area contributed by atoms with Gasteiger partial charge >= 0.3 is 0 Å². The average Bonchev–Trinajstić information content (AvgIpc) is 3.26. The summed E-state index contributed by atoms with van der Waals surface area (Å²) in [5, 5.41) is 14.7. The number of fused-ring (bicyclic) bond motifs is 1. The molecule has 1 atom stereocenters. The fourth-order valence-corrected chi connectivity index (χ4v) is 3.69. The van der Waals surface area contributed by atoms with Gasteiger partial charge in [-0.15, -0.1) is 5.10 Å². The molecule has 0 spiro atoms. The molecule has 1 aliphatic rings. The smallest absolute Gasteiger partial charge is 0.223 e. The Balaban J connectivity index is 1.77. The average molecular weight is 351 g/mol. The lowest BCUT2D eigenvalue weighted by molar-refractivity contribution is -0.132. The van der Waals surface area contributed by atoms with Gasteiger partial charge in [-0.1, -0.05) is 30.3 Å². The van der Waals surface area contributed by atoms with Crippen molar-refractivity contribution in [2.75, 3.05) is 20.3 Å². The van der Waals surface area contributed by atoms with E-state index in [0.717, 1.165) is 16.5 Å². The molecule has 4 rings (SSSR count). The Morgan fingerprint density at radius 1 is 1.19 bits per heavy atom. The number of carbonyl (C=O) groups is 1. The van der Waals surface area contributed by atoms with E-state index >= 15 is 0 Å². The molecule has 0 bridgehead atoms. The van der Waals surface area contributed by atoms with Crippen molar-refractivity contribution in [1.29, 1.82) is 0 Å². The minimum absolute atomic E-state index is 0.109. The predicted molar refractivity (Wildman–Crippen MR) is 96.8 cm³/mol. The molecule has 0 N–H and O–H groups in total. The van der Waals surface area contributed by atoms with Crippen molar-refractivity contribution in [2.45, 2.75) is 25.3 Å². The number of amides is 1. The highest BCUT2D eigenvalue weighted by Crippen LogP contribution is 2.38. The predicted octanol–water partition coefficient (Wildman–Crippen LogP) is 2.30. The molecule has 1 unspecified atom stereocenters. The second-order valence-electron chi connectivity index (χ2n) is 6.76. The molecular weight excluding hydrogens is 330 g/mol. The van der Waals surface area contributed by atoms with Crippen LogP contribution in [0.5, 0.6) is 0 Å². The van der Waals surface area contributed by atoms with Gasteiger partial charge in [0.1, 0.15) is 5.54 Å². The van der Waals surface area contributed by atoms with Gasteiger partial charge in [0.15, 0.2) is 5.82 Å². The number of methoxy groups -OCH3 is 1. The van der Waals surface area contributed by atoms with Crippen molar-refractivity contribution in [2.24, 2.45) is 0 Å². The van der Waals surface area contributed by atoms with E-state index in [-0.39, 0.29) is 5.91 Å². The summed E-state index contributed by atoms with van der Waals surface area (Å²) in [5.41, 5.74) is 0.334. The molecule has 1 aliphatic heterocycles. The number of hydrogen-bond acceptors (Lipinski definition) is 5. The van der Waals surface area contributed by atoms with E-state index in [9.17, 15) is 4.79 Å². The quantitative estimate of drug-likeness (QED) is 0.705. The number of nitrogens with zero attached hydrogens (tertiary/aromatic N) is 5. The minimum Gasteiger partial charge on any atom is -0.383 e. The normalized spacial score (nSPS) is 20.2. The molecule has 2 heterocycles. The summed E-state index contributed by atoms with van der Waals surface area (Å²) in [5.74, 6) is 0.785. The number of carbonyl (C=O) groups excluding carboxylic acids is 1. The van der Waals surface area contributed by atoms with E-state index in [1.165, 1.54) is 0 Å². The molecule has 26 heavy (non-hydrogen) atoms. The number of benzene rings is 2. The summed E-state index contributed by atoms with van der Waals surface area (Å²) in [7, 11) is 1.64. The van der Waals surface area contributed by atoms with Gasteiger partial charge in [-0.05, 0) is 46.7 Å². The molecular formula is C19H21N5O2. The number of rotatable bonds is 5. The highest BCUT2D eigenvalue weighted by molar-refractivity contribution is 5.84. The monoisotopic (exact) mass is 351 g/mol. The van der Waals surface area contributed by atoms with Crippen LogP contribution in [-0.4, -0.2) is 51.3 Å². The van der Waals surface area contributed by atoms with Crippen LogP contribution in [0, 0.1) is 0 Å². The van der Waals surface area contributed by atoms with Gasteiger partial charge in [0.2, 0.25) is 5.91 Å². The summed E-state index contributed by atoms with van der Waals surface area (Å²) >= 11 is 0. The second-order valence-corrected chi connectivity index (χ2v) is 6.76. The standard InChI is InChI=1S/C19H21N5O2/c1-19(10-9-17(25)23(19)11-12-26-2)18-20-21-22-24(18)16-8-7-14-5-3-4-6-15(14)13-16/h3-8,13H,9-12H2,1-2H3. The third-order valence-corrected chi connectivity index (χ3v) is 5.17. The third-order valence-electron chi connectivity index (χ3n) is 5.17. The van der Waals surface area contributed by atoms with Crippen LogP contribution in [0.1, 0.15) is 25.6 Å². The van der Waals surface area contributed by atoms with Crippen LogP contribution in [0.3, 0.4) is 0 Å². The highest BCUT2D eigenvalue weighted by Gasteiger charge is 2.46. The maximum atomic E-state index is 12.4. The van der Waals surface area contributed by atoms with E-state index in [0.29, 0.717) is 31.8 Å². The van der Waals surface area contributed by atoms with Crippen molar-refractivity contribution in [3.8, 4) is 5.69 Å². The summed E-state index contributed by atoms with van der Waals surface area (Å²) < 4.78 is 6.91. The number of hydrogen-bond donors (Lipinski definition) is 0. The van der Waals surface area contributed by atoms with E-state index in [4.69, 9.17) is 4.74 Å². The molecule has 0 radical (unpaired) electrons. The van der Waals surface area contributed by atoms with E-state index in [2.05, 4.69) is 39.8 Å². The Hall–Kier alpha value is -2.80. The van der Waals surface area contributed by atoms with Gasteiger partial charge in [0.05, 0.1) is 12.3 Å². The van der Waals surface area contributed by atoms with Crippen LogP contribution in [-0.2, 0) is 15.1 Å². The maximum Gasteiger partial charge on any atom is 0.223 e. The Morgan fingerprint density at radius 3 is 2.81 bits per heavy atom. The first-order valence-electron chi connectivity index (χ1n) is 8.71. The summed E-state index contributed by atoms with van der Waals surface area (Å²) in [6.07, 6.45) is 1.17. The first kappa shape index (κ1) is 16.7. The van der Waals surface area contributed by atoms with Crippen molar-refractivity contribution in [3.63, 3.8) is 0 Å². The largest absolute Gasteiger partial charge is 0.383 e. The molecule has 3 aromatic rings. The van der Waals surface area contributed by atoms with Crippen LogP contribution in [0.4, 0.5) is 0 Å². The Labute approximate surface area is 151 Å². The minimum atomic E-state index is -0.551. The molecule has 1 saturated heterocycles. The molecule has 7 heteroatoms. The molecule has 7 nitrogen and oxygen atoms in total. The fraction of sp³-hybridized carbons (Fsp3) is 0.368. The number of likely N-dealkylation sites (tertiary alicyclic amines) is 1. The molecule has 0 saturated carbocycles. The zero-order valence-corrected chi connectivity index (χ0v) is 14.9. The summed E-state index contributed by atoms with van der Waals surface area (Å²) in [4.78, 5) is 14.2. The molecule has 0 aliphatic carbocycles. The van der Waals surface area contributed by atoms with Gasteiger partial charge in [-0.3, -0.25) is 4.79 Å². The Bertz CT molecular complexity index is 954. The molecule has 2 aromatic carbocycles. The molecule has 1 amide bonds. The van der Waals surface area contributed by atoms with Gasteiger partial charge < -0.3 is 9.64 Å². The highest BCUT2D eigenvalue weighted by atomic mass is 16.5. The van der Waals surface area contributed by atoms with Crippen LogP contribution < -0.4 is 0 Å². The van der Waals surface area contributed by atoms with E-state index < -0.39 is 5.54 Å². The lowest BCUT2D eigenvalue weighted by Gasteiger charge is -2.33. The van der Waals surface area contributed by atoms with Crippen molar-refractivity contribution >= 4 is 16.7 Å². The van der Waals surface area contributed by atoms with E-state index in [1.54, 1.807) is 11.8 Å². The zero-order valence-electron chi connectivity index (χ0n) is 14.9. The summed E-state index contributed by atoms with van der Waals surface area (Å²) in [6.45, 7) is 3.03. The van der Waals surface area contributed by atoms with Crippen molar-refractivity contribution < 1.29 is 9.53 Å². The molecule has 134 valence electrons. The second kappa shape index (κ2) is 6.49. The zero-order chi connectivity index (χ0) is 18.1. The van der Waals surface area contributed by atoms with Crippen LogP contribution in [0.15, 0.2) is 42.5 Å². The number of tetrazole rings is 1. The van der Waals surface area contributed by atoms with Gasteiger partial charge in [0, 0.05) is 20.1 Å². The molecule has 1 aromatic heterocycles. The molecule has 1 fully saturated rings. The Morgan fingerprint density at radius 2 is 2.00 bits per heavy atom. The topological polar surface area (TPSA) is 73.1 Å². The van der Waals surface area contributed by atoms with Gasteiger partial charge in [-0.2, -0.15) is 4.68 Å². The number of aromatic nitrogens is 4. The lowest BCUT2D eigenvalue weighted by atomic mass is 9.97. The number of ether oxygens (including phenoxy) is 1.